The van der Waals surface area contributed by atoms with Crippen LogP contribution >= 0.6 is 0 Å². The number of urea groups is 1. The zero-order valence-corrected chi connectivity index (χ0v) is 22.2. The molecule has 1 saturated heterocycles. The second-order valence-corrected chi connectivity index (χ2v) is 9.54. The Morgan fingerprint density at radius 3 is 1.90 bits per heavy atom. The second-order valence-electron chi connectivity index (χ2n) is 9.54. The average molecular weight is 533 g/mol. The lowest BCUT2D eigenvalue weighted by molar-refractivity contribution is -0.122. The Hall–Kier alpha value is -5.17. The third-order valence-electron chi connectivity index (χ3n) is 6.46. The fourth-order valence-corrected chi connectivity index (χ4v) is 4.17. The molecule has 1 N–H and O–H groups in total. The molecule has 0 spiro atoms. The largest absolute Gasteiger partial charge is 0.489 e. The first kappa shape index (κ1) is 26.4. The first-order chi connectivity index (χ1) is 19.4. The normalized spacial score (nSPS) is 14.3. The molecule has 1 heterocycles. The number of nitrogens with one attached hydrogen (secondary N) is 1. The number of amides is 4. The highest BCUT2D eigenvalue weighted by molar-refractivity contribution is 6.39. The molecule has 1 fully saturated rings. The average Bonchev–Trinajstić information content (AvgIpc) is 2.96. The SMILES string of the molecule is Cc1ccc(COc2ccc(N3C(=O)NC(=O)/C(=C\c4ccccc4OCc4ccc(C)cc4)C3=O)cc2)cc1. The molecule has 0 aromatic heterocycles. The molecule has 0 atom stereocenters. The number of imide groups is 2. The maximum atomic E-state index is 13.4. The molecule has 0 unspecified atom stereocenters. The van der Waals surface area contributed by atoms with Crippen molar-refractivity contribution < 1.29 is 23.9 Å². The number of ether oxygens (including phenoxy) is 2. The number of nitrogens with zero attached hydrogens (tertiary/aromatic N) is 1. The van der Waals surface area contributed by atoms with Crippen molar-refractivity contribution in [2.45, 2.75) is 27.1 Å². The van der Waals surface area contributed by atoms with E-state index in [9.17, 15) is 14.4 Å². The number of hydrogen-bond donors (Lipinski definition) is 1. The lowest BCUT2D eigenvalue weighted by Gasteiger charge is -2.26. The van der Waals surface area contributed by atoms with Crippen molar-refractivity contribution in [1.82, 2.24) is 5.32 Å². The smallest absolute Gasteiger partial charge is 0.335 e. The molecular formula is C33H28N2O5. The molecule has 5 rings (SSSR count). The van der Waals surface area contributed by atoms with E-state index >= 15 is 0 Å². The summed E-state index contributed by atoms with van der Waals surface area (Å²) in [6.45, 7) is 4.75. The van der Waals surface area contributed by atoms with E-state index in [1.54, 1.807) is 42.5 Å². The van der Waals surface area contributed by atoms with E-state index in [4.69, 9.17) is 9.47 Å². The molecule has 4 aromatic carbocycles. The van der Waals surface area contributed by atoms with Crippen LogP contribution in [0.25, 0.3) is 6.08 Å². The summed E-state index contributed by atoms with van der Waals surface area (Å²) in [5, 5.41) is 2.26. The summed E-state index contributed by atoms with van der Waals surface area (Å²) < 4.78 is 11.8. The fraction of sp³-hybridized carbons (Fsp3) is 0.121. The van der Waals surface area contributed by atoms with Crippen molar-refractivity contribution in [3.05, 3.63) is 130 Å². The van der Waals surface area contributed by atoms with Gasteiger partial charge in [0.1, 0.15) is 30.3 Å². The van der Waals surface area contributed by atoms with Crippen LogP contribution in [0.2, 0.25) is 0 Å². The van der Waals surface area contributed by atoms with Crippen molar-refractivity contribution in [3.63, 3.8) is 0 Å². The van der Waals surface area contributed by atoms with Gasteiger partial charge in [-0.15, -0.1) is 0 Å². The van der Waals surface area contributed by atoms with Crippen molar-refractivity contribution in [1.29, 1.82) is 0 Å². The topological polar surface area (TPSA) is 84.9 Å². The molecule has 1 aliphatic rings. The Kier molecular flexibility index (Phi) is 7.73. The standard InChI is InChI=1S/C33H28N2O5/c1-22-7-11-24(12-8-22)20-39-28-17-15-27(16-18-28)35-32(37)29(31(36)34-33(35)38)19-26-5-3-4-6-30(26)40-21-25-13-9-23(2)10-14-25/h3-19H,20-21H2,1-2H3,(H,34,36,38)/b29-19+. The highest BCUT2D eigenvalue weighted by Crippen LogP contribution is 2.27. The third kappa shape index (κ3) is 6.10. The van der Waals surface area contributed by atoms with Crippen LogP contribution in [0, 0.1) is 13.8 Å². The molecular weight excluding hydrogens is 504 g/mol. The van der Waals surface area contributed by atoms with Crippen LogP contribution in [0.4, 0.5) is 10.5 Å². The summed E-state index contributed by atoms with van der Waals surface area (Å²) in [6, 6.07) is 28.9. The minimum absolute atomic E-state index is 0.175. The molecule has 40 heavy (non-hydrogen) atoms. The quantitative estimate of drug-likeness (QED) is 0.218. The lowest BCUT2D eigenvalue weighted by Crippen LogP contribution is -2.54. The van der Waals surface area contributed by atoms with Gasteiger partial charge in [0.15, 0.2) is 0 Å². The number of hydrogen-bond acceptors (Lipinski definition) is 5. The van der Waals surface area contributed by atoms with Gasteiger partial charge in [-0.05, 0) is 61.4 Å². The highest BCUT2D eigenvalue weighted by atomic mass is 16.5. The van der Waals surface area contributed by atoms with Crippen molar-refractivity contribution in [2.24, 2.45) is 0 Å². The van der Waals surface area contributed by atoms with Crippen molar-refractivity contribution >= 4 is 29.6 Å². The third-order valence-corrected chi connectivity index (χ3v) is 6.46. The first-order valence-electron chi connectivity index (χ1n) is 12.8. The zero-order chi connectivity index (χ0) is 28.1. The summed E-state index contributed by atoms with van der Waals surface area (Å²) >= 11 is 0. The number of carbonyl (C=O) groups is 3. The van der Waals surface area contributed by atoms with E-state index in [-0.39, 0.29) is 5.57 Å². The molecule has 200 valence electrons. The van der Waals surface area contributed by atoms with Gasteiger partial charge in [-0.2, -0.15) is 0 Å². The Morgan fingerprint density at radius 1 is 0.700 bits per heavy atom. The van der Waals surface area contributed by atoms with Gasteiger partial charge in [-0.25, -0.2) is 9.69 Å². The van der Waals surface area contributed by atoms with E-state index in [0.717, 1.165) is 21.6 Å². The summed E-state index contributed by atoms with van der Waals surface area (Å²) in [7, 11) is 0. The number of para-hydroxylation sites is 1. The minimum Gasteiger partial charge on any atom is -0.489 e. The molecule has 0 bridgehead atoms. The van der Waals surface area contributed by atoms with Crippen LogP contribution in [0.5, 0.6) is 11.5 Å². The molecule has 4 amide bonds. The maximum absolute atomic E-state index is 13.4. The van der Waals surface area contributed by atoms with Gasteiger partial charge in [-0.3, -0.25) is 14.9 Å². The number of aryl methyl sites for hydroxylation is 2. The molecule has 1 aliphatic heterocycles. The van der Waals surface area contributed by atoms with E-state index in [0.29, 0.717) is 36.0 Å². The minimum atomic E-state index is -0.815. The van der Waals surface area contributed by atoms with E-state index in [2.05, 4.69) is 5.32 Å². The predicted molar refractivity (Wildman–Crippen MR) is 153 cm³/mol. The maximum Gasteiger partial charge on any atom is 0.335 e. The number of benzene rings is 4. The van der Waals surface area contributed by atoms with Gasteiger partial charge < -0.3 is 9.47 Å². The number of anilines is 1. The molecule has 7 heteroatoms. The van der Waals surface area contributed by atoms with Crippen LogP contribution < -0.4 is 19.7 Å². The predicted octanol–water partition coefficient (Wildman–Crippen LogP) is 6.13. The molecule has 0 saturated carbocycles. The zero-order valence-electron chi connectivity index (χ0n) is 22.2. The Morgan fingerprint density at radius 2 is 1.27 bits per heavy atom. The van der Waals surface area contributed by atoms with Gasteiger partial charge in [0.2, 0.25) is 0 Å². The van der Waals surface area contributed by atoms with Gasteiger partial charge in [0.25, 0.3) is 11.8 Å². The second kappa shape index (κ2) is 11.7. The van der Waals surface area contributed by atoms with Crippen LogP contribution in [0.3, 0.4) is 0 Å². The van der Waals surface area contributed by atoms with E-state index in [1.807, 2.05) is 68.4 Å². The van der Waals surface area contributed by atoms with Crippen LogP contribution in [0.1, 0.15) is 27.8 Å². The van der Waals surface area contributed by atoms with Crippen LogP contribution in [-0.2, 0) is 22.8 Å². The number of barbiturate groups is 1. The van der Waals surface area contributed by atoms with Gasteiger partial charge in [0.05, 0.1) is 5.69 Å². The molecule has 0 aliphatic carbocycles. The highest BCUT2D eigenvalue weighted by Gasteiger charge is 2.37. The van der Waals surface area contributed by atoms with Gasteiger partial charge in [0, 0.05) is 5.56 Å². The molecule has 7 nitrogen and oxygen atoms in total. The van der Waals surface area contributed by atoms with Crippen molar-refractivity contribution in [2.75, 3.05) is 4.90 Å². The molecule has 4 aromatic rings. The van der Waals surface area contributed by atoms with E-state index in [1.165, 1.54) is 11.6 Å². The molecule has 0 radical (unpaired) electrons. The lowest BCUT2D eigenvalue weighted by atomic mass is 10.1. The van der Waals surface area contributed by atoms with Crippen LogP contribution in [0.15, 0.2) is 103 Å². The number of rotatable bonds is 8. The monoisotopic (exact) mass is 532 g/mol. The van der Waals surface area contributed by atoms with Crippen molar-refractivity contribution in [3.8, 4) is 11.5 Å². The Labute approximate surface area is 232 Å². The summed E-state index contributed by atoms with van der Waals surface area (Å²) in [5.41, 5.74) is 5.02. The van der Waals surface area contributed by atoms with E-state index < -0.39 is 17.8 Å². The van der Waals surface area contributed by atoms with Crippen LogP contribution in [-0.4, -0.2) is 17.8 Å². The van der Waals surface area contributed by atoms with Gasteiger partial charge >= 0.3 is 6.03 Å². The number of carbonyl (C=O) groups excluding carboxylic acids is 3. The first-order valence-corrected chi connectivity index (χ1v) is 12.8. The Balaban J connectivity index is 1.32. The summed E-state index contributed by atoms with van der Waals surface area (Å²) in [6.07, 6.45) is 1.45. The Bertz CT molecular complexity index is 1570. The summed E-state index contributed by atoms with van der Waals surface area (Å²) in [5.74, 6) is -0.400. The fourth-order valence-electron chi connectivity index (χ4n) is 4.17. The van der Waals surface area contributed by atoms with Gasteiger partial charge in [-0.1, -0.05) is 77.9 Å². The summed E-state index contributed by atoms with van der Waals surface area (Å²) in [4.78, 5) is 39.7.